The molecule has 0 aromatic heterocycles. The molecule has 0 fully saturated rings. The van der Waals surface area contributed by atoms with E-state index in [-0.39, 0.29) is 13.0 Å². The molecule has 6 nitrogen and oxygen atoms in total. The standard InChI is InChI=1S/C9H9N3O3/c13-8-6-9(14)15-5-1-2-11-12-4-3-10-7-8/h1-4,7H,5-6H2. The van der Waals surface area contributed by atoms with E-state index in [0.717, 1.165) is 6.21 Å². The summed E-state index contributed by atoms with van der Waals surface area (Å²) in [5.41, 5.74) is 0. The van der Waals surface area contributed by atoms with Crippen LogP contribution in [0.4, 0.5) is 0 Å². The van der Waals surface area contributed by atoms with Gasteiger partial charge in [-0.2, -0.15) is 10.2 Å². The van der Waals surface area contributed by atoms with Gasteiger partial charge >= 0.3 is 5.97 Å². The Kier molecular flexibility index (Phi) is 4.65. The molecule has 15 heavy (non-hydrogen) atoms. The Morgan fingerprint density at radius 2 is 1.93 bits per heavy atom. The molecule has 0 aromatic rings. The number of hydrogen-bond acceptors (Lipinski definition) is 6. The second-order valence-electron chi connectivity index (χ2n) is 2.52. The number of carbonyl (C=O) groups excluding carboxylic acids is 2. The number of ketones is 1. The van der Waals surface area contributed by atoms with E-state index in [1.54, 1.807) is 0 Å². The van der Waals surface area contributed by atoms with Crippen molar-refractivity contribution < 1.29 is 14.3 Å². The smallest absolute Gasteiger partial charge is 0.314 e. The number of carbonyl (C=O) groups is 2. The molecule has 0 aliphatic carbocycles. The van der Waals surface area contributed by atoms with Gasteiger partial charge in [0.05, 0.1) is 12.4 Å². The van der Waals surface area contributed by atoms with Crippen LogP contribution >= 0.6 is 0 Å². The average Bonchev–Trinajstić information content (AvgIpc) is 2.21. The van der Waals surface area contributed by atoms with Gasteiger partial charge < -0.3 is 4.74 Å². The predicted octanol–water partition coefficient (Wildman–Crippen LogP) is 1.01. The highest BCUT2D eigenvalue weighted by Crippen LogP contribution is 1.91. The van der Waals surface area contributed by atoms with E-state index in [4.69, 9.17) is 4.74 Å². The van der Waals surface area contributed by atoms with Crippen molar-refractivity contribution in [2.45, 2.75) is 6.42 Å². The number of hydrogen-bond donors (Lipinski definition) is 0. The summed E-state index contributed by atoms with van der Waals surface area (Å²) < 4.78 is 4.70. The number of esters is 1. The lowest BCUT2D eigenvalue weighted by Gasteiger charge is -1.97. The topological polar surface area (TPSA) is 80.4 Å². The minimum Gasteiger partial charge on any atom is -0.461 e. The van der Waals surface area contributed by atoms with Gasteiger partial charge in [-0.3, -0.25) is 14.6 Å². The van der Waals surface area contributed by atoms with E-state index in [1.165, 1.54) is 24.7 Å². The lowest BCUT2D eigenvalue weighted by molar-refractivity contribution is -0.143. The molecule has 0 saturated heterocycles. The number of azo groups is 1. The fraction of sp³-hybridized carbons (Fsp3) is 0.222. The maximum atomic E-state index is 11.0. The Balaban J connectivity index is 2.66. The molecule has 0 N–H and O–H groups in total. The summed E-state index contributed by atoms with van der Waals surface area (Å²) in [6.07, 6.45) is 6.27. The van der Waals surface area contributed by atoms with Crippen molar-refractivity contribution in [3.8, 4) is 0 Å². The lowest BCUT2D eigenvalue weighted by atomic mass is 10.3. The fourth-order valence-electron chi connectivity index (χ4n) is 0.742. The predicted molar refractivity (Wildman–Crippen MR) is 52.2 cm³/mol. The maximum Gasteiger partial charge on any atom is 0.314 e. The molecular weight excluding hydrogens is 198 g/mol. The molecular formula is C9H9N3O3. The van der Waals surface area contributed by atoms with Crippen LogP contribution in [0.3, 0.4) is 0 Å². The summed E-state index contributed by atoms with van der Waals surface area (Å²) in [4.78, 5) is 25.6. The van der Waals surface area contributed by atoms with Gasteiger partial charge in [-0.05, 0) is 6.08 Å². The van der Waals surface area contributed by atoms with Crippen LogP contribution in [0.2, 0.25) is 0 Å². The van der Waals surface area contributed by atoms with Crippen LogP contribution in [0.25, 0.3) is 0 Å². The molecule has 1 heterocycles. The number of Topliss-reactive ketones (excluding diaryl/α,β-unsaturated/α-hetero) is 1. The highest BCUT2D eigenvalue weighted by atomic mass is 16.5. The van der Waals surface area contributed by atoms with Gasteiger partial charge in [0.2, 0.25) is 0 Å². The van der Waals surface area contributed by atoms with Crippen LogP contribution in [-0.4, -0.2) is 24.6 Å². The van der Waals surface area contributed by atoms with Crippen molar-refractivity contribution >= 4 is 18.0 Å². The van der Waals surface area contributed by atoms with Crippen LogP contribution in [-0.2, 0) is 14.3 Å². The minimum atomic E-state index is -0.587. The van der Waals surface area contributed by atoms with Crippen LogP contribution in [0.15, 0.2) is 39.9 Å². The third-order valence-corrected chi connectivity index (χ3v) is 1.34. The quantitative estimate of drug-likeness (QED) is 0.439. The van der Waals surface area contributed by atoms with Crippen molar-refractivity contribution in [3.63, 3.8) is 0 Å². The van der Waals surface area contributed by atoms with Gasteiger partial charge in [-0.25, -0.2) is 0 Å². The van der Waals surface area contributed by atoms with Gasteiger partial charge in [0.1, 0.15) is 13.0 Å². The first-order valence-electron chi connectivity index (χ1n) is 4.20. The van der Waals surface area contributed by atoms with Crippen molar-refractivity contribution in [3.05, 3.63) is 24.7 Å². The molecule has 0 atom stereocenters. The van der Waals surface area contributed by atoms with Crippen molar-refractivity contribution in [1.82, 2.24) is 0 Å². The summed E-state index contributed by atoms with van der Waals surface area (Å²) in [6, 6.07) is 0. The summed E-state index contributed by atoms with van der Waals surface area (Å²) in [5.74, 6) is -0.999. The minimum absolute atomic E-state index is 0.0754. The third-order valence-electron chi connectivity index (χ3n) is 1.34. The van der Waals surface area contributed by atoms with E-state index in [1.807, 2.05) is 0 Å². The first kappa shape index (κ1) is 11.0. The van der Waals surface area contributed by atoms with Crippen LogP contribution in [0.1, 0.15) is 6.42 Å². The molecule has 0 unspecified atom stereocenters. The summed E-state index contributed by atoms with van der Waals surface area (Å²) in [6.45, 7) is 0.0754. The van der Waals surface area contributed by atoms with Gasteiger partial charge in [-0.1, -0.05) is 0 Å². The second kappa shape index (κ2) is 6.36. The van der Waals surface area contributed by atoms with Crippen LogP contribution in [0, 0.1) is 0 Å². The largest absolute Gasteiger partial charge is 0.461 e. The molecule has 1 aliphatic rings. The Labute approximate surface area is 86.1 Å². The Morgan fingerprint density at radius 1 is 1.13 bits per heavy atom. The fourth-order valence-corrected chi connectivity index (χ4v) is 0.742. The molecule has 0 amide bonds. The highest BCUT2D eigenvalue weighted by molar-refractivity contribution is 6.31. The molecule has 1 aliphatic heterocycles. The van der Waals surface area contributed by atoms with Gasteiger partial charge in [-0.15, -0.1) is 0 Å². The number of ether oxygens (including phenoxy) is 1. The average molecular weight is 207 g/mol. The van der Waals surface area contributed by atoms with E-state index in [2.05, 4.69) is 15.2 Å². The molecule has 1 rings (SSSR count). The highest BCUT2D eigenvalue weighted by Gasteiger charge is 2.07. The van der Waals surface area contributed by atoms with Crippen molar-refractivity contribution in [2.75, 3.05) is 6.61 Å². The summed E-state index contributed by atoms with van der Waals surface area (Å²) in [5, 5.41) is 7.16. The second-order valence-corrected chi connectivity index (χ2v) is 2.52. The summed E-state index contributed by atoms with van der Waals surface area (Å²) >= 11 is 0. The first-order valence-corrected chi connectivity index (χ1v) is 4.20. The van der Waals surface area contributed by atoms with Crippen LogP contribution in [0.5, 0.6) is 0 Å². The lowest BCUT2D eigenvalue weighted by Crippen LogP contribution is -2.11. The molecule has 0 bridgehead atoms. The number of aliphatic imine (C=N–C) groups is 1. The third kappa shape index (κ3) is 5.25. The van der Waals surface area contributed by atoms with E-state index in [0.29, 0.717) is 0 Å². The SMILES string of the molecule is O=C1C=NC=CN=NC=CCOC(=O)C1. The van der Waals surface area contributed by atoms with E-state index >= 15 is 0 Å². The normalized spacial score (nSPS) is 17.9. The zero-order valence-corrected chi connectivity index (χ0v) is 7.87. The summed E-state index contributed by atoms with van der Waals surface area (Å²) in [7, 11) is 0. The van der Waals surface area contributed by atoms with Crippen molar-refractivity contribution in [2.24, 2.45) is 15.2 Å². The molecule has 0 saturated carbocycles. The molecule has 6 heteroatoms. The number of rotatable bonds is 0. The van der Waals surface area contributed by atoms with Gasteiger partial charge in [0, 0.05) is 12.4 Å². The monoisotopic (exact) mass is 207 g/mol. The molecule has 0 radical (unpaired) electrons. The molecule has 0 spiro atoms. The molecule has 0 aromatic carbocycles. The Bertz CT molecular complexity index is 356. The van der Waals surface area contributed by atoms with E-state index in [9.17, 15) is 9.59 Å². The molecule has 78 valence electrons. The zero-order valence-electron chi connectivity index (χ0n) is 7.87. The number of nitrogens with zero attached hydrogens (tertiary/aromatic N) is 3. The van der Waals surface area contributed by atoms with Crippen molar-refractivity contribution in [1.29, 1.82) is 0 Å². The Morgan fingerprint density at radius 3 is 2.80 bits per heavy atom. The van der Waals surface area contributed by atoms with Gasteiger partial charge in [0.15, 0.2) is 5.78 Å². The van der Waals surface area contributed by atoms with E-state index < -0.39 is 11.8 Å². The van der Waals surface area contributed by atoms with Crippen LogP contribution < -0.4 is 0 Å². The maximum absolute atomic E-state index is 11.0. The van der Waals surface area contributed by atoms with Gasteiger partial charge in [0.25, 0.3) is 0 Å². The zero-order chi connectivity index (χ0) is 10.9. The first-order chi connectivity index (χ1) is 7.29. The Hall–Kier alpha value is -2.11. The number of cyclic esters (lactones) is 1.